The zero-order valence-corrected chi connectivity index (χ0v) is 13.5. The van der Waals surface area contributed by atoms with Gasteiger partial charge in [-0.15, -0.1) is 0 Å². The quantitative estimate of drug-likeness (QED) is 0.835. The van der Waals surface area contributed by atoms with E-state index in [0.717, 1.165) is 32.0 Å². The highest BCUT2D eigenvalue weighted by molar-refractivity contribution is 7.80. The van der Waals surface area contributed by atoms with Crippen LogP contribution in [0.15, 0.2) is 12.1 Å². The fraction of sp³-hybridized carbons (Fsp3) is 0.467. The van der Waals surface area contributed by atoms with Gasteiger partial charge in [-0.3, -0.25) is 5.01 Å². The lowest BCUT2D eigenvalue weighted by molar-refractivity contribution is 0.241. The van der Waals surface area contributed by atoms with E-state index in [1.54, 1.807) is 5.01 Å². The molecule has 0 radical (unpaired) electrons. The maximum absolute atomic E-state index is 14.1. The highest BCUT2D eigenvalue weighted by atomic mass is 32.1. The number of nitrogens with one attached hydrogen (secondary N) is 2. The maximum atomic E-state index is 14.1. The molecule has 1 aliphatic heterocycles. The van der Waals surface area contributed by atoms with Crippen molar-refractivity contribution in [1.82, 2.24) is 10.4 Å². The van der Waals surface area contributed by atoms with Crippen molar-refractivity contribution in [3.8, 4) is 11.8 Å². The van der Waals surface area contributed by atoms with Gasteiger partial charge in [0.05, 0.1) is 17.4 Å². The number of nitriles is 1. The summed E-state index contributed by atoms with van der Waals surface area (Å²) in [5.74, 6) is -0.192. The highest BCUT2D eigenvalue weighted by Crippen LogP contribution is 2.27. The molecule has 2 rings (SSSR count). The monoisotopic (exact) mass is 322 g/mol. The second-order valence-electron chi connectivity index (χ2n) is 5.30. The van der Waals surface area contributed by atoms with Gasteiger partial charge < -0.3 is 10.1 Å². The van der Waals surface area contributed by atoms with Crippen LogP contribution in [0.25, 0.3) is 0 Å². The van der Waals surface area contributed by atoms with E-state index in [2.05, 4.69) is 10.7 Å². The minimum absolute atomic E-state index is 0.110. The van der Waals surface area contributed by atoms with Crippen molar-refractivity contribution in [2.45, 2.75) is 32.8 Å². The molecule has 1 fully saturated rings. The summed E-state index contributed by atoms with van der Waals surface area (Å²) in [5, 5.41) is 14.1. The standard InChI is InChI=1S/C15H19FN4OS/c1-10(2)21-14-8-13(12(16)7-11(14)9-17)19-15(22)20-6-4-3-5-18-20/h7-8,10,18H,3-6H2,1-2H3,(H,19,22). The molecule has 0 spiro atoms. The van der Waals surface area contributed by atoms with Crippen molar-refractivity contribution in [2.24, 2.45) is 0 Å². The Bertz CT molecular complexity index is 594. The van der Waals surface area contributed by atoms with Gasteiger partial charge >= 0.3 is 0 Å². The first-order valence-corrected chi connectivity index (χ1v) is 7.64. The van der Waals surface area contributed by atoms with E-state index in [-0.39, 0.29) is 17.4 Å². The summed E-state index contributed by atoms with van der Waals surface area (Å²) < 4.78 is 19.7. The third-order valence-corrected chi connectivity index (χ3v) is 3.47. The van der Waals surface area contributed by atoms with E-state index >= 15 is 0 Å². The molecule has 1 aromatic rings. The highest BCUT2D eigenvalue weighted by Gasteiger charge is 2.17. The number of hydrogen-bond donors (Lipinski definition) is 2. The van der Waals surface area contributed by atoms with Crippen molar-refractivity contribution < 1.29 is 9.13 Å². The Balaban J connectivity index is 2.19. The van der Waals surface area contributed by atoms with Gasteiger partial charge in [-0.1, -0.05) is 0 Å². The predicted molar refractivity (Wildman–Crippen MR) is 87.0 cm³/mol. The molecule has 2 N–H and O–H groups in total. The van der Waals surface area contributed by atoms with Crippen molar-refractivity contribution in [3.05, 3.63) is 23.5 Å². The van der Waals surface area contributed by atoms with Crippen LogP contribution < -0.4 is 15.5 Å². The Hall–Kier alpha value is -1.91. The molecule has 5 nitrogen and oxygen atoms in total. The zero-order chi connectivity index (χ0) is 16.1. The predicted octanol–water partition coefficient (Wildman–Crippen LogP) is 2.78. The zero-order valence-electron chi connectivity index (χ0n) is 12.6. The van der Waals surface area contributed by atoms with E-state index in [4.69, 9.17) is 22.2 Å². The summed E-state index contributed by atoms with van der Waals surface area (Å²) in [4.78, 5) is 0. The number of ether oxygens (including phenoxy) is 1. The Morgan fingerprint density at radius 1 is 1.50 bits per heavy atom. The molecule has 0 saturated carbocycles. The van der Waals surface area contributed by atoms with Crippen LogP contribution in [0.4, 0.5) is 10.1 Å². The van der Waals surface area contributed by atoms with Crippen LogP contribution in [0, 0.1) is 17.1 Å². The number of hydrogen-bond acceptors (Lipinski definition) is 4. The van der Waals surface area contributed by atoms with Gasteiger partial charge in [0.25, 0.3) is 0 Å². The van der Waals surface area contributed by atoms with Gasteiger partial charge in [-0.05, 0) is 45.0 Å². The van der Waals surface area contributed by atoms with Gasteiger partial charge in [0.15, 0.2) is 5.11 Å². The molecule has 1 aromatic carbocycles. The van der Waals surface area contributed by atoms with Crippen molar-refractivity contribution in [1.29, 1.82) is 5.26 Å². The van der Waals surface area contributed by atoms with Crippen LogP contribution in [0.3, 0.4) is 0 Å². The fourth-order valence-electron chi connectivity index (χ4n) is 2.13. The number of nitrogens with zero attached hydrogens (tertiary/aromatic N) is 2. The number of benzene rings is 1. The third kappa shape index (κ3) is 4.06. The molecule has 0 aromatic heterocycles. The number of rotatable bonds is 3. The summed E-state index contributed by atoms with van der Waals surface area (Å²) in [6, 6.07) is 4.57. The minimum Gasteiger partial charge on any atom is -0.490 e. The number of hydrazine groups is 1. The lowest BCUT2D eigenvalue weighted by Gasteiger charge is -2.30. The number of thiocarbonyl (C=S) groups is 1. The van der Waals surface area contributed by atoms with E-state index in [0.29, 0.717) is 10.9 Å². The van der Waals surface area contributed by atoms with Crippen LogP contribution in [-0.2, 0) is 0 Å². The molecular weight excluding hydrogens is 303 g/mol. The average molecular weight is 322 g/mol. The second-order valence-corrected chi connectivity index (χ2v) is 5.69. The second kappa shape index (κ2) is 7.38. The first-order valence-electron chi connectivity index (χ1n) is 7.23. The van der Waals surface area contributed by atoms with Gasteiger partial charge in [-0.25, -0.2) is 9.82 Å². The minimum atomic E-state index is -0.535. The summed E-state index contributed by atoms with van der Waals surface area (Å²) in [5.41, 5.74) is 3.52. The van der Waals surface area contributed by atoms with Gasteiger partial charge in [0.1, 0.15) is 17.6 Å². The lowest BCUT2D eigenvalue weighted by atomic mass is 10.2. The van der Waals surface area contributed by atoms with Gasteiger partial charge in [0.2, 0.25) is 0 Å². The number of halogens is 1. The van der Waals surface area contributed by atoms with Crippen molar-refractivity contribution >= 4 is 23.0 Å². The summed E-state index contributed by atoms with van der Waals surface area (Å²) in [6.45, 7) is 5.32. The van der Waals surface area contributed by atoms with Gasteiger partial charge in [0, 0.05) is 19.2 Å². The molecule has 22 heavy (non-hydrogen) atoms. The van der Waals surface area contributed by atoms with Gasteiger partial charge in [-0.2, -0.15) is 5.26 Å². The fourth-order valence-corrected chi connectivity index (χ4v) is 2.40. The average Bonchev–Trinajstić information content (AvgIpc) is 2.50. The molecule has 1 aliphatic rings. The smallest absolute Gasteiger partial charge is 0.188 e. The summed E-state index contributed by atoms with van der Waals surface area (Å²) in [6.07, 6.45) is 2.02. The lowest BCUT2D eigenvalue weighted by Crippen LogP contribution is -2.48. The molecule has 7 heteroatoms. The summed E-state index contributed by atoms with van der Waals surface area (Å²) in [7, 11) is 0. The molecule has 0 amide bonds. The van der Waals surface area contributed by atoms with E-state index in [9.17, 15) is 4.39 Å². The van der Waals surface area contributed by atoms with Crippen LogP contribution in [0.2, 0.25) is 0 Å². The van der Waals surface area contributed by atoms with Crippen LogP contribution in [-0.4, -0.2) is 29.3 Å². The van der Waals surface area contributed by atoms with Crippen molar-refractivity contribution in [3.63, 3.8) is 0 Å². The molecular formula is C15H19FN4OS. The summed E-state index contributed by atoms with van der Waals surface area (Å²) >= 11 is 5.29. The van der Waals surface area contributed by atoms with E-state index < -0.39 is 5.82 Å². The topological polar surface area (TPSA) is 60.3 Å². The van der Waals surface area contributed by atoms with E-state index in [1.165, 1.54) is 6.07 Å². The Labute approximate surface area is 135 Å². The molecule has 0 bridgehead atoms. The Morgan fingerprint density at radius 3 is 2.86 bits per heavy atom. The van der Waals surface area contributed by atoms with Crippen LogP contribution in [0.1, 0.15) is 32.3 Å². The Kier molecular flexibility index (Phi) is 5.52. The SMILES string of the molecule is CC(C)Oc1cc(NC(=S)N2CCCCN2)c(F)cc1C#N. The third-order valence-electron chi connectivity index (χ3n) is 3.15. The largest absolute Gasteiger partial charge is 0.490 e. The molecule has 0 atom stereocenters. The van der Waals surface area contributed by atoms with Crippen molar-refractivity contribution in [2.75, 3.05) is 18.4 Å². The molecule has 0 unspecified atom stereocenters. The molecule has 118 valence electrons. The van der Waals surface area contributed by atoms with E-state index in [1.807, 2.05) is 19.9 Å². The van der Waals surface area contributed by atoms with Crippen LogP contribution >= 0.6 is 12.2 Å². The maximum Gasteiger partial charge on any atom is 0.188 e. The normalized spacial score (nSPS) is 14.6. The molecule has 0 aliphatic carbocycles. The number of anilines is 1. The molecule has 1 saturated heterocycles. The van der Waals surface area contributed by atoms with Crippen LogP contribution in [0.5, 0.6) is 5.75 Å². The Morgan fingerprint density at radius 2 is 2.27 bits per heavy atom. The first kappa shape index (κ1) is 16.5. The first-order chi connectivity index (χ1) is 10.5. The molecule has 1 heterocycles.